The molecule has 4 rings (SSSR count). The van der Waals surface area contributed by atoms with E-state index in [-0.39, 0.29) is 5.69 Å². The molecule has 0 bridgehead atoms. The lowest BCUT2D eigenvalue weighted by Gasteiger charge is -2.12. The Morgan fingerprint density at radius 2 is 1.64 bits per heavy atom. The molecule has 12 heteroatoms. The van der Waals surface area contributed by atoms with Gasteiger partial charge in [-0.1, -0.05) is 11.6 Å². The minimum atomic E-state index is -4.64. The zero-order chi connectivity index (χ0) is 25.7. The van der Waals surface area contributed by atoms with Gasteiger partial charge in [-0.25, -0.2) is 14.8 Å². The lowest BCUT2D eigenvalue weighted by molar-refractivity contribution is -0.137. The van der Waals surface area contributed by atoms with Crippen LogP contribution in [0, 0.1) is 0 Å². The monoisotopic (exact) mass is 517 g/mol. The highest BCUT2D eigenvalue weighted by Gasteiger charge is 2.33. The predicted molar refractivity (Wildman–Crippen MR) is 130 cm³/mol. The fraction of sp³-hybridized carbons (Fsp3) is 0.125. The quantitative estimate of drug-likeness (QED) is 0.274. The van der Waals surface area contributed by atoms with Crippen molar-refractivity contribution in [2.45, 2.75) is 6.18 Å². The number of nitrogens with one attached hydrogen (secondary N) is 2. The van der Waals surface area contributed by atoms with Gasteiger partial charge in [0.2, 0.25) is 5.88 Å². The molecule has 0 unspecified atom stereocenters. The fourth-order valence-electron chi connectivity index (χ4n) is 3.13. The molecule has 4 aromatic rings. The second kappa shape index (κ2) is 10.7. The first-order valence-corrected chi connectivity index (χ1v) is 10.9. The summed E-state index contributed by atoms with van der Waals surface area (Å²) >= 11 is 5.60. The van der Waals surface area contributed by atoms with Crippen molar-refractivity contribution in [1.82, 2.24) is 9.97 Å². The minimum absolute atomic E-state index is 0.0554. The van der Waals surface area contributed by atoms with Gasteiger partial charge in [0.05, 0.1) is 27.8 Å². The molecule has 0 saturated carbocycles. The lowest BCUT2D eigenvalue weighted by Crippen LogP contribution is -2.19. The molecule has 0 aliphatic rings. The molecule has 0 atom stereocenters. The molecule has 1 heterocycles. The minimum Gasteiger partial charge on any atom is -0.475 e. The number of carbonyl (C=O) groups is 1. The summed E-state index contributed by atoms with van der Waals surface area (Å²) in [4.78, 5) is 20.9. The average molecular weight is 518 g/mol. The highest BCUT2D eigenvalue weighted by molar-refractivity contribution is 6.31. The molecule has 8 nitrogen and oxygen atoms in total. The number of urea groups is 1. The van der Waals surface area contributed by atoms with E-state index in [9.17, 15) is 18.0 Å². The van der Waals surface area contributed by atoms with Crippen molar-refractivity contribution in [3.63, 3.8) is 0 Å². The Kier molecular flexibility index (Phi) is 7.41. The van der Waals surface area contributed by atoms with Gasteiger partial charge >= 0.3 is 12.2 Å². The molecule has 0 saturated heterocycles. The largest absolute Gasteiger partial charge is 0.475 e. The van der Waals surface area contributed by atoms with Crippen molar-refractivity contribution in [2.75, 3.05) is 23.8 Å². The van der Waals surface area contributed by atoms with Gasteiger partial charge < -0.3 is 25.8 Å². The van der Waals surface area contributed by atoms with E-state index in [1.807, 2.05) is 0 Å². The molecule has 36 heavy (non-hydrogen) atoms. The third-order valence-electron chi connectivity index (χ3n) is 4.74. The molecule has 1 aromatic heterocycles. The molecular weight excluding hydrogens is 499 g/mol. The summed E-state index contributed by atoms with van der Waals surface area (Å²) in [5, 5.41) is 4.43. The second-order valence-corrected chi connectivity index (χ2v) is 7.80. The van der Waals surface area contributed by atoms with Crippen LogP contribution >= 0.6 is 11.6 Å². The van der Waals surface area contributed by atoms with Crippen molar-refractivity contribution >= 4 is 40.0 Å². The molecule has 0 spiro atoms. The second-order valence-electron chi connectivity index (χ2n) is 7.39. The van der Waals surface area contributed by atoms with Crippen molar-refractivity contribution in [3.8, 4) is 17.4 Å². The molecular formula is C24H19ClF3N5O3. The SMILES string of the molecule is NCCOc1cnc2ccc(Oc3ccc(NC(=O)Nc4ccc(Cl)c(C(F)(F)F)c4)cc3)cc2n1. The van der Waals surface area contributed by atoms with Gasteiger partial charge in [-0.15, -0.1) is 0 Å². The van der Waals surface area contributed by atoms with Crippen LogP contribution in [0.15, 0.2) is 66.9 Å². The average Bonchev–Trinajstić information content (AvgIpc) is 2.84. The first kappa shape index (κ1) is 25.0. The van der Waals surface area contributed by atoms with Crippen LogP contribution in [0.3, 0.4) is 0 Å². The number of alkyl halides is 3. The van der Waals surface area contributed by atoms with Crippen LogP contribution < -0.4 is 25.8 Å². The zero-order valence-electron chi connectivity index (χ0n) is 18.5. The molecule has 186 valence electrons. The number of halogens is 4. The first-order valence-electron chi connectivity index (χ1n) is 10.5. The van der Waals surface area contributed by atoms with E-state index >= 15 is 0 Å². The number of nitrogens with two attached hydrogens (primary N) is 1. The van der Waals surface area contributed by atoms with E-state index in [1.54, 1.807) is 42.5 Å². The summed E-state index contributed by atoms with van der Waals surface area (Å²) in [6, 6.07) is 14.0. The van der Waals surface area contributed by atoms with Gasteiger partial charge in [-0.2, -0.15) is 13.2 Å². The first-order chi connectivity index (χ1) is 17.2. The molecule has 4 N–H and O–H groups in total. The smallest absolute Gasteiger partial charge is 0.417 e. The number of anilines is 2. The van der Waals surface area contributed by atoms with Gasteiger partial charge in [0, 0.05) is 24.0 Å². The molecule has 0 aliphatic carbocycles. The standard InChI is InChI=1S/C24H19ClF3N5O3/c25-19-7-3-15(11-18(19)24(26,27)28)32-23(34)31-14-1-4-16(5-2-14)36-17-6-8-20-21(12-17)33-22(13-30-20)35-10-9-29/h1-8,11-13H,9-10,29H2,(H2,31,32,34). The van der Waals surface area contributed by atoms with Gasteiger partial charge in [0.25, 0.3) is 0 Å². The van der Waals surface area contributed by atoms with Crippen LogP contribution in [-0.2, 0) is 6.18 Å². The third kappa shape index (κ3) is 6.32. The molecule has 2 amide bonds. The number of rotatable bonds is 7. The summed E-state index contributed by atoms with van der Waals surface area (Å²) < 4.78 is 50.3. The summed E-state index contributed by atoms with van der Waals surface area (Å²) in [5.74, 6) is 1.35. The van der Waals surface area contributed by atoms with Crippen molar-refractivity contribution in [3.05, 3.63) is 77.4 Å². The summed E-state index contributed by atoms with van der Waals surface area (Å²) in [6.07, 6.45) is -3.12. The Hall–Kier alpha value is -4.09. The predicted octanol–water partition coefficient (Wildman–Crippen LogP) is 6.08. The van der Waals surface area contributed by atoms with Crippen LogP contribution in [0.4, 0.5) is 29.3 Å². The maximum Gasteiger partial charge on any atom is 0.417 e. The van der Waals surface area contributed by atoms with E-state index in [4.69, 9.17) is 26.8 Å². The van der Waals surface area contributed by atoms with E-state index in [2.05, 4.69) is 20.6 Å². The highest BCUT2D eigenvalue weighted by atomic mass is 35.5. The summed E-state index contributed by atoms with van der Waals surface area (Å²) in [5.41, 5.74) is 5.98. The number of hydrogen-bond acceptors (Lipinski definition) is 6. The van der Waals surface area contributed by atoms with E-state index in [0.29, 0.717) is 47.3 Å². The highest BCUT2D eigenvalue weighted by Crippen LogP contribution is 2.36. The van der Waals surface area contributed by atoms with Gasteiger partial charge in [-0.05, 0) is 54.6 Å². The Balaban J connectivity index is 1.39. The van der Waals surface area contributed by atoms with E-state index in [1.165, 1.54) is 12.3 Å². The topological polar surface area (TPSA) is 111 Å². The number of amides is 2. The Morgan fingerprint density at radius 3 is 2.36 bits per heavy atom. The molecule has 3 aromatic carbocycles. The number of fused-ring (bicyclic) bond motifs is 1. The van der Waals surface area contributed by atoms with Gasteiger partial charge in [0.15, 0.2) is 0 Å². The van der Waals surface area contributed by atoms with Gasteiger partial charge in [-0.3, -0.25) is 0 Å². The van der Waals surface area contributed by atoms with Gasteiger partial charge in [0.1, 0.15) is 18.1 Å². The number of aromatic nitrogens is 2. The molecule has 0 aliphatic heterocycles. The number of ether oxygens (including phenoxy) is 2. The van der Waals surface area contributed by atoms with Crippen LogP contribution in [0.25, 0.3) is 11.0 Å². The zero-order valence-corrected chi connectivity index (χ0v) is 19.2. The fourth-order valence-corrected chi connectivity index (χ4v) is 3.35. The number of hydrogen-bond donors (Lipinski definition) is 3. The molecule has 0 fully saturated rings. The van der Waals surface area contributed by atoms with Crippen molar-refractivity contribution in [2.24, 2.45) is 5.73 Å². The third-order valence-corrected chi connectivity index (χ3v) is 5.07. The van der Waals surface area contributed by atoms with E-state index < -0.39 is 22.8 Å². The summed E-state index contributed by atoms with van der Waals surface area (Å²) in [6.45, 7) is 0.679. The van der Waals surface area contributed by atoms with Crippen LogP contribution in [0.1, 0.15) is 5.56 Å². The normalized spacial score (nSPS) is 11.2. The van der Waals surface area contributed by atoms with Crippen LogP contribution in [0.5, 0.6) is 17.4 Å². The maximum atomic E-state index is 13.0. The van der Waals surface area contributed by atoms with Crippen molar-refractivity contribution < 1.29 is 27.4 Å². The molecule has 0 radical (unpaired) electrons. The lowest BCUT2D eigenvalue weighted by atomic mass is 10.2. The Bertz CT molecular complexity index is 1380. The number of carbonyl (C=O) groups excluding carboxylic acids is 1. The van der Waals surface area contributed by atoms with Crippen LogP contribution in [0.2, 0.25) is 5.02 Å². The van der Waals surface area contributed by atoms with Crippen molar-refractivity contribution in [1.29, 1.82) is 0 Å². The number of nitrogens with zero attached hydrogens (tertiary/aromatic N) is 2. The maximum absolute atomic E-state index is 13.0. The summed E-state index contributed by atoms with van der Waals surface area (Å²) in [7, 11) is 0. The Morgan fingerprint density at radius 1 is 0.944 bits per heavy atom. The van der Waals surface area contributed by atoms with Crippen LogP contribution in [-0.4, -0.2) is 29.2 Å². The number of benzene rings is 3. The Labute approximate surface area is 208 Å². The van der Waals surface area contributed by atoms with E-state index in [0.717, 1.165) is 12.1 Å².